The van der Waals surface area contributed by atoms with Crippen molar-refractivity contribution in [1.29, 1.82) is 0 Å². The quantitative estimate of drug-likeness (QED) is 0.329. The summed E-state index contributed by atoms with van der Waals surface area (Å²) in [6.07, 6.45) is 16.6. The van der Waals surface area contributed by atoms with E-state index in [-0.39, 0.29) is 63.7 Å². The van der Waals surface area contributed by atoms with E-state index in [0.29, 0.717) is 42.5 Å². The fourth-order valence-corrected chi connectivity index (χ4v) is 15.5. The van der Waals surface area contributed by atoms with Crippen LogP contribution in [0.25, 0.3) is 0 Å². The Hall–Kier alpha value is -2.46. The van der Waals surface area contributed by atoms with Crippen LogP contribution in [0.4, 0.5) is 11.4 Å². The highest BCUT2D eigenvalue weighted by molar-refractivity contribution is 5.74. The van der Waals surface area contributed by atoms with Crippen LogP contribution in [0.5, 0.6) is 0 Å². The summed E-state index contributed by atoms with van der Waals surface area (Å²) in [5, 5.41) is 10.5. The molecule has 6 nitrogen and oxygen atoms in total. The highest BCUT2D eigenvalue weighted by atomic mass is 79.9. The lowest BCUT2D eigenvalue weighted by molar-refractivity contribution is -0.937. The first-order chi connectivity index (χ1) is 24.5. The third-order valence-corrected chi connectivity index (χ3v) is 16.7. The van der Waals surface area contributed by atoms with Gasteiger partial charge in [0.1, 0.15) is 31.4 Å². The lowest BCUT2D eigenvalue weighted by atomic mass is 9.53. The van der Waals surface area contributed by atoms with Gasteiger partial charge >= 0.3 is 0 Å². The number of nitrogens with zero attached hydrogens (tertiary/aromatic N) is 4. The first-order valence-corrected chi connectivity index (χ1v) is 19.6. The van der Waals surface area contributed by atoms with Crippen LogP contribution in [0, 0.1) is 17.8 Å². The van der Waals surface area contributed by atoms with Gasteiger partial charge in [-0.3, -0.25) is 0 Å². The number of hydrogen-bond donors (Lipinski definition) is 1. The number of rotatable bonds is 5. The van der Waals surface area contributed by atoms with Gasteiger partial charge in [-0.25, -0.2) is 0 Å². The maximum atomic E-state index is 10.5. The number of anilines is 2. The Morgan fingerprint density at radius 2 is 1.54 bits per heavy atom. The SMILES string of the molecule is C=CC[N+]12CC[C@@]34c5ccccc5N5/C=C6/[C@H]7C[C@H]8[C@@]9(CC[N+]8(CC=C)C/C7=C/CO)c7ccccc7N([C@@H]7OCC=C(C1)[C@H](C[C@@H]32)[C@@H]7[C@H]54)[C@@H]69.[Br-].[Br-]. The molecule has 52 heavy (non-hydrogen) atoms. The molecule has 2 aromatic carbocycles. The van der Waals surface area contributed by atoms with Crippen LogP contribution in [0.3, 0.4) is 0 Å². The van der Waals surface area contributed by atoms with E-state index in [1.807, 2.05) is 0 Å². The Labute approximate surface area is 329 Å². The molecular formula is C44H50Br2N4O2. The number of ether oxygens (including phenoxy) is 1. The van der Waals surface area contributed by atoms with Crippen molar-refractivity contribution in [3.8, 4) is 0 Å². The third kappa shape index (κ3) is 3.62. The molecule has 12 rings (SSSR count). The number of halogens is 2. The molecule has 4 saturated heterocycles. The van der Waals surface area contributed by atoms with Crippen molar-refractivity contribution in [3.05, 3.63) is 120 Å². The summed E-state index contributed by atoms with van der Waals surface area (Å²) in [5.41, 5.74) is 10.8. The third-order valence-electron chi connectivity index (χ3n) is 16.7. The minimum atomic E-state index is -0.00591. The minimum Gasteiger partial charge on any atom is -1.00 e. The second-order valence-electron chi connectivity index (χ2n) is 17.8. The van der Waals surface area contributed by atoms with Crippen molar-refractivity contribution in [1.82, 2.24) is 0 Å². The van der Waals surface area contributed by atoms with Gasteiger partial charge in [-0.15, -0.1) is 0 Å². The fourth-order valence-electron chi connectivity index (χ4n) is 15.5. The topological polar surface area (TPSA) is 35.9 Å². The van der Waals surface area contributed by atoms with Crippen molar-refractivity contribution in [3.63, 3.8) is 0 Å². The Morgan fingerprint density at radius 3 is 2.29 bits per heavy atom. The molecule has 12 atom stereocenters. The number of fused-ring (bicyclic) bond motifs is 7. The number of hydrogen-bond acceptors (Lipinski definition) is 4. The first-order valence-electron chi connectivity index (χ1n) is 19.6. The molecule has 8 heterocycles. The lowest BCUT2D eigenvalue weighted by Gasteiger charge is -2.62. The van der Waals surface area contributed by atoms with Crippen LogP contribution in [0.1, 0.15) is 36.8 Å². The highest BCUT2D eigenvalue weighted by Gasteiger charge is 2.78. The molecule has 0 aromatic heterocycles. The first kappa shape index (κ1) is 34.1. The van der Waals surface area contributed by atoms with Crippen LogP contribution < -0.4 is 43.8 Å². The lowest BCUT2D eigenvalue weighted by Crippen LogP contribution is -3.00. The van der Waals surface area contributed by atoms with Gasteiger partial charge in [0.15, 0.2) is 0 Å². The van der Waals surface area contributed by atoms with Gasteiger partial charge in [0.2, 0.25) is 0 Å². The molecule has 0 amide bonds. The number of quaternary nitrogens is 2. The second-order valence-corrected chi connectivity index (χ2v) is 17.8. The molecule has 1 N–H and O–H groups in total. The van der Waals surface area contributed by atoms with Gasteiger partial charge in [-0.2, -0.15) is 0 Å². The van der Waals surface area contributed by atoms with Crippen molar-refractivity contribution in [2.45, 2.75) is 66.9 Å². The number of aliphatic hydroxyl groups excluding tert-OH is 1. The summed E-state index contributed by atoms with van der Waals surface area (Å²) in [6.45, 7) is 16.0. The number of aliphatic hydroxyl groups is 1. The zero-order valence-electron chi connectivity index (χ0n) is 29.9. The number of piperidine rings is 2. The van der Waals surface area contributed by atoms with Crippen LogP contribution in [-0.4, -0.2) is 97.0 Å². The van der Waals surface area contributed by atoms with E-state index in [1.165, 1.54) is 42.8 Å². The smallest absolute Gasteiger partial charge is 0.136 e. The van der Waals surface area contributed by atoms with Crippen molar-refractivity contribution >= 4 is 11.4 Å². The van der Waals surface area contributed by atoms with Crippen LogP contribution in [0.15, 0.2) is 109 Å². The van der Waals surface area contributed by atoms with E-state index in [1.54, 1.807) is 22.3 Å². The number of benzene rings is 2. The molecule has 2 spiro atoms. The average Bonchev–Trinajstić information content (AvgIpc) is 3.78. The van der Waals surface area contributed by atoms with E-state index in [9.17, 15) is 5.11 Å². The Kier molecular flexibility index (Phi) is 7.40. The molecule has 2 aromatic rings. The summed E-state index contributed by atoms with van der Waals surface area (Å²) in [7, 11) is 0. The molecule has 272 valence electrons. The molecule has 4 bridgehead atoms. The fraction of sp³-hybridized carbons (Fsp3) is 0.500. The summed E-state index contributed by atoms with van der Waals surface area (Å²) < 4.78 is 9.69. The molecular weight excluding hydrogens is 776 g/mol. The summed E-state index contributed by atoms with van der Waals surface area (Å²) in [4.78, 5) is 5.74. The van der Waals surface area contributed by atoms with Crippen molar-refractivity contribution in [2.24, 2.45) is 17.8 Å². The maximum absolute atomic E-state index is 10.5. The predicted molar refractivity (Wildman–Crippen MR) is 196 cm³/mol. The van der Waals surface area contributed by atoms with Gasteiger partial charge in [0.05, 0.1) is 62.3 Å². The summed E-state index contributed by atoms with van der Waals surface area (Å²) >= 11 is 0. The zero-order valence-corrected chi connectivity index (χ0v) is 33.1. The molecule has 10 aliphatic rings. The molecule has 2 unspecified atom stereocenters. The highest BCUT2D eigenvalue weighted by Crippen LogP contribution is 2.71. The molecule has 2 saturated carbocycles. The van der Waals surface area contributed by atoms with Gasteiger partial charge in [0.25, 0.3) is 0 Å². The van der Waals surface area contributed by atoms with Crippen LogP contribution in [-0.2, 0) is 15.6 Å². The van der Waals surface area contributed by atoms with Crippen molar-refractivity contribution in [2.75, 3.05) is 62.3 Å². The maximum Gasteiger partial charge on any atom is 0.136 e. The molecule has 8 aliphatic heterocycles. The summed E-state index contributed by atoms with van der Waals surface area (Å²) in [6, 6.07) is 20.8. The van der Waals surface area contributed by atoms with Gasteiger partial charge in [-0.05, 0) is 52.1 Å². The molecule has 8 heteroatoms. The Morgan fingerprint density at radius 1 is 0.865 bits per heavy atom. The van der Waals surface area contributed by atoms with E-state index in [0.717, 1.165) is 48.1 Å². The van der Waals surface area contributed by atoms with Gasteiger partial charge in [0, 0.05) is 61.0 Å². The van der Waals surface area contributed by atoms with E-state index in [2.05, 4.69) is 102 Å². The predicted octanol–water partition coefficient (Wildman–Crippen LogP) is -0.420. The molecule has 2 aliphatic carbocycles. The zero-order chi connectivity index (χ0) is 33.2. The minimum absolute atomic E-state index is 0. The normalized spacial score (nSPS) is 45.8. The average molecular weight is 827 g/mol. The number of para-hydroxylation sites is 2. The Bertz CT molecular complexity index is 1990. The standard InChI is InChI=1S/C44H50N4O2.2BrH/c1-3-17-47-19-15-43-34-10-6-8-12-36(34)46-40(43)32(30(23-37(43)47)28(26-47)13-21-49)25-45-35-11-7-5-9-33(35)44-16-20-48(18-4-2)27-29-14-22-50-42(46)39(41(44)45)31(29)24-38(44)48;;/h3-14,25,30-31,37-42,49H,1-2,15-24,26-27H2;2*1H/q+2;;/p-2/b28-13-,32-25-;;/t30-,31-,37-,38-,39+,40-,41-,42+,43+,44+,47?,48?;;/m0../s1. The summed E-state index contributed by atoms with van der Waals surface area (Å²) in [5.74, 6) is 1.20. The van der Waals surface area contributed by atoms with E-state index in [4.69, 9.17) is 4.74 Å². The largest absolute Gasteiger partial charge is 1.00 e. The Balaban J connectivity index is 0.00000169. The van der Waals surface area contributed by atoms with Gasteiger partial charge in [-0.1, -0.05) is 61.7 Å². The van der Waals surface area contributed by atoms with E-state index < -0.39 is 0 Å². The monoisotopic (exact) mass is 824 g/mol. The molecule has 6 fully saturated rings. The second kappa shape index (κ2) is 11.3. The van der Waals surface area contributed by atoms with E-state index >= 15 is 0 Å². The van der Waals surface area contributed by atoms with Crippen molar-refractivity contribution < 1.29 is 52.8 Å². The van der Waals surface area contributed by atoms with Crippen LogP contribution in [0.2, 0.25) is 0 Å². The molecule has 0 radical (unpaired) electrons. The van der Waals surface area contributed by atoms with Gasteiger partial charge < -0.3 is 62.6 Å². The van der Waals surface area contributed by atoms with Crippen LogP contribution >= 0.6 is 0 Å².